The summed E-state index contributed by atoms with van der Waals surface area (Å²) in [6, 6.07) is 7.41. The van der Waals surface area contributed by atoms with Crippen LogP contribution in [-0.4, -0.2) is 49.4 Å². The minimum atomic E-state index is -1.04. The Morgan fingerprint density at radius 3 is 2.96 bits per heavy atom. The quantitative estimate of drug-likeness (QED) is 0.649. The third-order valence-electron chi connectivity index (χ3n) is 4.51. The van der Waals surface area contributed by atoms with E-state index < -0.39 is 5.97 Å². The molecule has 2 aromatic heterocycles. The van der Waals surface area contributed by atoms with Crippen LogP contribution in [-0.2, 0) is 13.1 Å². The maximum absolute atomic E-state index is 11.3. The van der Waals surface area contributed by atoms with Crippen molar-refractivity contribution in [2.75, 3.05) is 13.2 Å². The normalized spacial score (nSPS) is 14.2. The van der Waals surface area contributed by atoms with Gasteiger partial charge in [0.1, 0.15) is 12.3 Å². The summed E-state index contributed by atoms with van der Waals surface area (Å²) >= 11 is 0. The van der Waals surface area contributed by atoms with Gasteiger partial charge in [-0.1, -0.05) is 6.07 Å². The van der Waals surface area contributed by atoms with Gasteiger partial charge in [-0.2, -0.15) is 5.10 Å². The second-order valence-electron chi connectivity index (χ2n) is 6.36. The van der Waals surface area contributed by atoms with Gasteiger partial charge in [0.05, 0.1) is 6.20 Å². The molecule has 0 saturated carbocycles. The first-order chi connectivity index (χ1) is 13.1. The molecular formula is C19H18N4O4. The first-order valence-electron chi connectivity index (χ1n) is 8.49. The Kier molecular flexibility index (Phi) is 4.47. The van der Waals surface area contributed by atoms with Crippen LogP contribution >= 0.6 is 0 Å². The highest BCUT2D eigenvalue weighted by Gasteiger charge is 2.22. The van der Waals surface area contributed by atoms with Crippen LogP contribution in [0.15, 0.2) is 42.9 Å². The van der Waals surface area contributed by atoms with E-state index in [2.05, 4.69) is 20.1 Å². The molecule has 0 saturated heterocycles. The summed E-state index contributed by atoms with van der Waals surface area (Å²) in [5, 5.41) is 26.0. The summed E-state index contributed by atoms with van der Waals surface area (Å²) < 4.78 is 5.75. The number of carboxylic acids is 1. The second-order valence-corrected chi connectivity index (χ2v) is 6.36. The van der Waals surface area contributed by atoms with Crippen molar-refractivity contribution in [3.8, 4) is 22.6 Å². The number of hydrogen-bond donors (Lipinski definition) is 3. The van der Waals surface area contributed by atoms with Gasteiger partial charge in [-0.25, -0.2) is 4.79 Å². The predicted molar refractivity (Wildman–Crippen MR) is 96.5 cm³/mol. The summed E-state index contributed by atoms with van der Waals surface area (Å²) in [5.41, 5.74) is 3.28. The molecule has 8 heteroatoms. The maximum atomic E-state index is 11.3. The van der Waals surface area contributed by atoms with Gasteiger partial charge in [0.25, 0.3) is 0 Å². The Hall–Kier alpha value is -3.39. The van der Waals surface area contributed by atoms with Crippen molar-refractivity contribution in [3.63, 3.8) is 0 Å². The molecule has 0 spiro atoms. The second kappa shape index (κ2) is 7.08. The Morgan fingerprint density at radius 2 is 2.19 bits per heavy atom. The number of aromatic nitrogens is 3. The molecule has 0 bridgehead atoms. The predicted octanol–water partition coefficient (Wildman–Crippen LogP) is 2.27. The number of carbonyl (C=O) groups is 1. The zero-order chi connectivity index (χ0) is 18.8. The van der Waals surface area contributed by atoms with Crippen LogP contribution in [0.1, 0.15) is 21.6 Å². The van der Waals surface area contributed by atoms with E-state index in [4.69, 9.17) is 4.74 Å². The standard InChI is InChI=1S/C19H18N4O4/c24-16-7-13(12-2-1-3-20-8-12)6-14-10-23(4-5-27-18(14)16)11-15-9-21-22-17(15)19(25)26/h1-3,6-9,24H,4-5,10-11H2,(H,21,22)(H,25,26). The van der Waals surface area contributed by atoms with Crippen molar-refractivity contribution in [1.29, 1.82) is 0 Å². The molecule has 0 fully saturated rings. The summed E-state index contributed by atoms with van der Waals surface area (Å²) in [6.07, 6.45) is 4.96. The smallest absolute Gasteiger partial charge is 0.354 e. The van der Waals surface area contributed by atoms with Gasteiger partial charge in [-0.05, 0) is 23.8 Å². The fourth-order valence-corrected chi connectivity index (χ4v) is 3.25. The lowest BCUT2D eigenvalue weighted by Crippen LogP contribution is -2.26. The zero-order valence-electron chi connectivity index (χ0n) is 14.4. The number of ether oxygens (including phenoxy) is 1. The van der Waals surface area contributed by atoms with Crippen LogP contribution in [0.5, 0.6) is 11.5 Å². The van der Waals surface area contributed by atoms with Gasteiger partial charge >= 0.3 is 5.97 Å². The maximum Gasteiger partial charge on any atom is 0.354 e. The molecule has 27 heavy (non-hydrogen) atoms. The number of phenolic OH excluding ortho intramolecular Hbond substituents is 1. The molecule has 0 unspecified atom stereocenters. The van der Waals surface area contributed by atoms with Crippen molar-refractivity contribution in [2.45, 2.75) is 13.1 Å². The largest absolute Gasteiger partial charge is 0.504 e. The SMILES string of the molecule is O=C(O)c1[nH]ncc1CN1CCOc2c(O)cc(-c3cccnc3)cc2C1. The average molecular weight is 366 g/mol. The number of aromatic hydroxyl groups is 1. The summed E-state index contributed by atoms with van der Waals surface area (Å²) in [7, 11) is 0. The molecule has 1 aromatic carbocycles. The van der Waals surface area contributed by atoms with Crippen LogP contribution in [0.2, 0.25) is 0 Å². The highest BCUT2D eigenvalue weighted by Crippen LogP contribution is 2.37. The number of H-pyrrole nitrogens is 1. The van der Waals surface area contributed by atoms with Gasteiger partial charge in [0.15, 0.2) is 11.5 Å². The Bertz CT molecular complexity index is 971. The van der Waals surface area contributed by atoms with E-state index >= 15 is 0 Å². The number of carboxylic acid groups (broad SMARTS) is 1. The Morgan fingerprint density at radius 1 is 1.30 bits per heavy atom. The number of pyridine rings is 1. The highest BCUT2D eigenvalue weighted by atomic mass is 16.5. The Labute approximate surface area is 155 Å². The van der Waals surface area contributed by atoms with E-state index in [0.29, 0.717) is 37.6 Å². The van der Waals surface area contributed by atoms with Crippen molar-refractivity contribution in [2.24, 2.45) is 0 Å². The lowest BCUT2D eigenvalue weighted by atomic mass is 10.0. The first kappa shape index (κ1) is 17.0. The fourth-order valence-electron chi connectivity index (χ4n) is 3.25. The molecule has 0 atom stereocenters. The third kappa shape index (κ3) is 3.47. The zero-order valence-corrected chi connectivity index (χ0v) is 14.4. The van der Waals surface area contributed by atoms with E-state index in [9.17, 15) is 15.0 Å². The van der Waals surface area contributed by atoms with Crippen LogP contribution in [0.4, 0.5) is 0 Å². The van der Waals surface area contributed by atoms with E-state index in [1.54, 1.807) is 18.5 Å². The molecule has 3 aromatic rings. The molecule has 3 N–H and O–H groups in total. The van der Waals surface area contributed by atoms with Gasteiger partial charge in [0, 0.05) is 48.7 Å². The number of phenols is 1. The van der Waals surface area contributed by atoms with Crippen molar-refractivity contribution >= 4 is 5.97 Å². The third-order valence-corrected chi connectivity index (χ3v) is 4.51. The lowest BCUT2D eigenvalue weighted by Gasteiger charge is -2.19. The van der Waals surface area contributed by atoms with Gasteiger partial charge in [0.2, 0.25) is 0 Å². The van der Waals surface area contributed by atoms with Crippen molar-refractivity contribution < 1.29 is 19.7 Å². The van der Waals surface area contributed by atoms with Crippen LogP contribution in [0.3, 0.4) is 0 Å². The van der Waals surface area contributed by atoms with Crippen LogP contribution in [0, 0.1) is 0 Å². The average Bonchev–Trinajstić information content (AvgIpc) is 3.02. The highest BCUT2D eigenvalue weighted by molar-refractivity contribution is 5.86. The monoisotopic (exact) mass is 366 g/mol. The van der Waals surface area contributed by atoms with Gasteiger partial charge < -0.3 is 14.9 Å². The Balaban J connectivity index is 1.64. The number of hydrogen-bond acceptors (Lipinski definition) is 6. The van der Waals surface area contributed by atoms with Crippen LogP contribution < -0.4 is 4.74 Å². The number of benzene rings is 1. The molecule has 3 heterocycles. The molecule has 1 aliphatic rings. The number of aromatic amines is 1. The van der Waals surface area contributed by atoms with E-state index in [1.165, 1.54) is 6.20 Å². The molecule has 138 valence electrons. The summed E-state index contributed by atoms with van der Waals surface area (Å²) in [4.78, 5) is 17.5. The molecule has 4 rings (SSSR count). The molecule has 1 aliphatic heterocycles. The number of nitrogens with one attached hydrogen (secondary N) is 1. The topological polar surface area (TPSA) is 112 Å². The van der Waals surface area contributed by atoms with Gasteiger partial charge in [-0.15, -0.1) is 0 Å². The van der Waals surface area contributed by atoms with Crippen LogP contribution in [0.25, 0.3) is 11.1 Å². The van der Waals surface area contributed by atoms with Crippen molar-refractivity contribution in [3.05, 3.63) is 59.7 Å². The molecule has 0 amide bonds. The molecule has 8 nitrogen and oxygen atoms in total. The number of aromatic carboxylic acids is 1. The molecule has 0 aliphatic carbocycles. The number of fused-ring (bicyclic) bond motifs is 1. The minimum Gasteiger partial charge on any atom is -0.504 e. The van der Waals surface area contributed by atoms with Crippen molar-refractivity contribution in [1.82, 2.24) is 20.1 Å². The summed E-state index contributed by atoms with van der Waals surface area (Å²) in [5.74, 6) is -0.482. The van der Waals surface area contributed by atoms with E-state index in [1.807, 2.05) is 18.2 Å². The molecule has 0 radical (unpaired) electrons. The minimum absolute atomic E-state index is 0.0859. The lowest BCUT2D eigenvalue weighted by molar-refractivity contribution is 0.0688. The van der Waals surface area contributed by atoms with E-state index in [0.717, 1.165) is 16.7 Å². The number of nitrogens with zero attached hydrogens (tertiary/aromatic N) is 3. The first-order valence-corrected chi connectivity index (χ1v) is 8.49. The molecular weight excluding hydrogens is 348 g/mol. The fraction of sp³-hybridized carbons (Fsp3) is 0.211. The number of rotatable bonds is 4. The summed E-state index contributed by atoms with van der Waals surface area (Å²) in [6.45, 7) is 1.92. The van der Waals surface area contributed by atoms with E-state index in [-0.39, 0.29) is 11.4 Å². The van der Waals surface area contributed by atoms with Gasteiger partial charge in [-0.3, -0.25) is 15.0 Å².